The summed E-state index contributed by atoms with van der Waals surface area (Å²) in [5.41, 5.74) is 26.5. The first-order valence-corrected chi connectivity index (χ1v) is 7.86. The van der Waals surface area contributed by atoms with E-state index in [4.69, 9.17) is 17.2 Å². The van der Waals surface area contributed by atoms with Crippen LogP contribution in [0.1, 0.15) is 11.3 Å². The van der Waals surface area contributed by atoms with Crippen molar-refractivity contribution in [3.8, 4) is 11.3 Å². The van der Waals surface area contributed by atoms with Gasteiger partial charge in [-0.3, -0.25) is 10.4 Å². The molecule has 0 spiro atoms. The number of hydrogen-bond donors (Lipinski definition) is 4. The first-order valence-electron chi connectivity index (χ1n) is 7.86. The molecule has 1 aromatic carbocycles. The molecule has 7 N–H and O–H groups in total. The largest absolute Gasteiger partial charge is 0.398 e. The third-order valence-corrected chi connectivity index (χ3v) is 4.11. The molecule has 0 unspecified atom stereocenters. The lowest BCUT2D eigenvalue weighted by atomic mass is 9.95. The number of anilines is 2. The average molecular weight is 344 g/mol. The van der Waals surface area contributed by atoms with E-state index in [1.807, 2.05) is 36.4 Å². The highest BCUT2D eigenvalue weighted by Crippen LogP contribution is 2.35. The summed E-state index contributed by atoms with van der Waals surface area (Å²) < 4.78 is 0. The van der Waals surface area contributed by atoms with Crippen LogP contribution in [0.3, 0.4) is 0 Å². The molecule has 0 aliphatic carbocycles. The van der Waals surface area contributed by atoms with Gasteiger partial charge in [-0.2, -0.15) is 5.10 Å². The average Bonchev–Trinajstić information content (AvgIpc) is 2.80. The number of nitrogens with two attached hydrogens (primary N) is 3. The molecule has 2 aromatic heterocycles. The predicted molar refractivity (Wildman–Crippen MR) is 102 cm³/mol. The summed E-state index contributed by atoms with van der Waals surface area (Å²) in [5.74, 6) is 0.213. The van der Waals surface area contributed by atoms with Crippen LogP contribution in [0, 0.1) is 0 Å². The quantitative estimate of drug-likeness (QED) is 0.518. The third kappa shape index (κ3) is 2.49. The molecule has 0 bridgehead atoms. The van der Waals surface area contributed by atoms with Crippen LogP contribution >= 0.6 is 0 Å². The Labute approximate surface area is 149 Å². The van der Waals surface area contributed by atoms with Crippen molar-refractivity contribution in [2.24, 2.45) is 16.6 Å². The van der Waals surface area contributed by atoms with Crippen LogP contribution in [0.2, 0.25) is 0 Å². The Bertz CT molecular complexity index is 1040. The molecular weight excluding hydrogens is 328 g/mol. The molecule has 26 heavy (non-hydrogen) atoms. The maximum Gasteiger partial charge on any atom is 0.153 e. The van der Waals surface area contributed by atoms with Crippen LogP contribution in [0.25, 0.3) is 22.5 Å². The number of amidine groups is 1. The van der Waals surface area contributed by atoms with E-state index in [0.717, 1.165) is 11.3 Å². The van der Waals surface area contributed by atoms with Gasteiger partial charge in [-0.15, -0.1) is 0 Å². The van der Waals surface area contributed by atoms with E-state index in [1.54, 1.807) is 12.4 Å². The van der Waals surface area contributed by atoms with Crippen LogP contribution < -0.4 is 22.6 Å². The summed E-state index contributed by atoms with van der Waals surface area (Å²) in [6.45, 7) is 0. The van der Waals surface area contributed by atoms with Gasteiger partial charge in [-0.1, -0.05) is 24.3 Å². The van der Waals surface area contributed by atoms with E-state index in [2.05, 4.69) is 25.5 Å². The molecule has 0 amide bonds. The summed E-state index contributed by atoms with van der Waals surface area (Å²) in [6.07, 6.45) is 4.72. The molecule has 128 valence electrons. The standard InChI is InChI=1S/C18H16N8/c19-15-10(12-6-1-2-7-23-12)4-3-5-11(15)14-16(20)17-13(8-22-9-24-17)25-26-18(14)21/h1-9,25H,19-20H2,(H2,21,26). The molecule has 0 radical (unpaired) electrons. The fraction of sp³-hybridized carbons (Fsp3) is 0. The van der Waals surface area contributed by atoms with E-state index >= 15 is 0 Å². The molecule has 1 aliphatic heterocycles. The maximum absolute atomic E-state index is 6.45. The number of aromatic nitrogens is 3. The number of hydrogen-bond acceptors (Lipinski definition) is 8. The summed E-state index contributed by atoms with van der Waals surface area (Å²) in [7, 11) is 0. The third-order valence-electron chi connectivity index (χ3n) is 4.11. The van der Waals surface area contributed by atoms with Crippen LogP contribution in [-0.2, 0) is 0 Å². The second-order valence-corrected chi connectivity index (χ2v) is 5.66. The lowest BCUT2D eigenvalue weighted by molar-refractivity contribution is 1.12. The van der Waals surface area contributed by atoms with Crippen molar-refractivity contribution in [1.29, 1.82) is 0 Å². The summed E-state index contributed by atoms with van der Waals surface area (Å²) >= 11 is 0. The Balaban J connectivity index is 1.95. The summed E-state index contributed by atoms with van der Waals surface area (Å²) in [6, 6.07) is 11.3. The van der Waals surface area contributed by atoms with Crippen molar-refractivity contribution >= 4 is 28.5 Å². The number of hydrazone groups is 1. The molecule has 8 heteroatoms. The molecule has 3 heterocycles. The highest BCUT2D eigenvalue weighted by atomic mass is 15.3. The zero-order valence-electron chi connectivity index (χ0n) is 13.7. The minimum absolute atomic E-state index is 0.213. The zero-order chi connectivity index (χ0) is 18.1. The first-order chi connectivity index (χ1) is 12.7. The number of para-hydroxylation sites is 1. The van der Waals surface area contributed by atoms with Gasteiger partial charge in [0.2, 0.25) is 0 Å². The zero-order valence-corrected chi connectivity index (χ0v) is 13.7. The van der Waals surface area contributed by atoms with E-state index in [9.17, 15) is 0 Å². The Hall–Kier alpha value is -3.94. The molecule has 1 aliphatic rings. The second-order valence-electron chi connectivity index (χ2n) is 5.66. The van der Waals surface area contributed by atoms with Gasteiger partial charge in [0.05, 0.1) is 23.2 Å². The van der Waals surface area contributed by atoms with Gasteiger partial charge in [-0.05, 0) is 12.1 Å². The van der Waals surface area contributed by atoms with Gasteiger partial charge in [0.25, 0.3) is 0 Å². The van der Waals surface area contributed by atoms with Crippen LogP contribution in [0.5, 0.6) is 0 Å². The summed E-state index contributed by atoms with van der Waals surface area (Å²) in [4.78, 5) is 12.6. The van der Waals surface area contributed by atoms with Gasteiger partial charge in [0.15, 0.2) is 5.84 Å². The Kier molecular flexibility index (Phi) is 3.70. The number of benzene rings is 1. The monoisotopic (exact) mass is 344 g/mol. The number of rotatable bonds is 2. The Morgan fingerprint density at radius 3 is 2.54 bits per heavy atom. The van der Waals surface area contributed by atoms with Crippen molar-refractivity contribution in [3.63, 3.8) is 0 Å². The first kappa shape index (κ1) is 15.6. The number of nitrogens with zero attached hydrogens (tertiary/aromatic N) is 4. The Morgan fingerprint density at radius 1 is 0.885 bits per heavy atom. The number of pyridine rings is 1. The SMILES string of the molecule is NC1=NNc2cncnc2C(N)=C1c1cccc(-c2ccccn2)c1N. The minimum Gasteiger partial charge on any atom is -0.398 e. The Morgan fingerprint density at radius 2 is 1.73 bits per heavy atom. The van der Waals surface area contributed by atoms with Crippen molar-refractivity contribution in [3.05, 3.63) is 66.4 Å². The van der Waals surface area contributed by atoms with Crippen molar-refractivity contribution in [2.75, 3.05) is 11.2 Å². The molecule has 0 saturated heterocycles. The highest BCUT2D eigenvalue weighted by molar-refractivity contribution is 6.30. The predicted octanol–water partition coefficient (Wildman–Crippen LogP) is 1.65. The fourth-order valence-electron chi connectivity index (χ4n) is 2.87. The van der Waals surface area contributed by atoms with Crippen molar-refractivity contribution in [1.82, 2.24) is 15.0 Å². The van der Waals surface area contributed by atoms with Crippen molar-refractivity contribution in [2.45, 2.75) is 0 Å². The lowest BCUT2D eigenvalue weighted by Gasteiger charge is -2.15. The van der Waals surface area contributed by atoms with Gasteiger partial charge in [0.1, 0.15) is 17.7 Å². The van der Waals surface area contributed by atoms with Gasteiger partial charge in [0, 0.05) is 23.0 Å². The van der Waals surface area contributed by atoms with E-state index in [0.29, 0.717) is 33.9 Å². The number of nitrogen functional groups attached to an aromatic ring is 1. The molecule has 4 rings (SSSR count). The lowest BCUT2D eigenvalue weighted by Crippen LogP contribution is -2.19. The molecular formula is C18H16N8. The maximum atomic E-state index is 6.45. The highest BCUT2D eigenvalue weighted by Gasteiger charge is 2.22. The number of nitrogens with one attached hydrogen (secondary N) is 1. The topological polar surface area (TPSA) is 141 Å². The van der Waals surface area contributed by atoms with Crippen LogP contribution in [0.15, 0.2) is 60.2 Å². The van der Waals surface area contributed by atoms with Gasteiger partial charge < -0.3 is 17.2 Å². The van der Waals surface area contributed by atoms with Gasteiger partial charge >= 0.3 is 0 Å². The number of fused-ring (bicyclic) bond motifs is 1. The summed E-state index contributed by atoms with van der Waals surface area (Å²) in [5, 5.41) is 4.17. The second kappa shape index (κ2) is 6.17. The smallest absolute Gasteiger partial charge is 0.153 e. The van der Waals surface area contributed by atoms with E-state index < -0.39 is 0 Å². The normalized spacial score (nSPS) is 13.5. The molecule has 0 atom stereocenters. The van der Waals surface area contributed by atoms with Gasteiger partial charge in [-0.25, -0.2) is 9.97 Å². The molecule has 8 nitrogen and oxygen atoms in total. The van der Waals surface area contributed by atoms with Crippen LogP contribution in [0.4, 0.5) is 11.4 Å². The molecule has 0 fully saturated rings. The molecule has 0 saturated carbocycles. The fourth-order valence-corrected chi connectivity index (χ4v) is 2.87. The minimum atomic E-state index is 0.213. The molecule has 3 aromatic rings. The van der Waals surface area contributed by atoms with Crippen LogP contribution in [-0.4, -0.2) is 20.8 Å². The van der Waals surface area contributed by atoms with E-state index in [1.165, 1.54) is 6.33 Å². The van der Waals surface area contributed by atoms with Crippen molar-refractivity contribution < 1.29 is 0 Å². The van der Waals surface area contributed by atoms with E-state index in [-0.39, 0.29) is 5.84 Å².